The number of nitrogens with zero attached hydrogens (tertiary/aromatic N) is 1. The zero-order valence-electron chi connectivity index (χ0n) is 15.4. The van der Waals surface area contributed by atoms with Crippen molar-refractivity contribution in [3.8, 4) is 11.1 Å². The molecular formula is C23H28N2O. The topological polar surface area (TPSA) is 32.3 Å². The maximum absolute atomic E-state index is 10.6. The number of hydrogen-bond donors (Lipinski definition) is 1. The summed E-state index contributed by atoms with van der Waals surface area (Å²) in [5, 5.41) is 3.80. The van der Waals surface area contributed by atoms with Gasteiger partial charge in [0.1, 0.15) is 6.29 Å². The Morgan fingerprint density at radius 1 is 1.00 bits per heavy atom. The third-order valence-corrected chi connectivity index (χ3v) is 6.21. The molecule has 0 radical (unpaired) electrons. The second kappa shape index (κ2) is 7.63. The molecule has 0 bridgehead atoms. The number of para-hydroxylation sites is 1. The Morgan fingerprint density at radius 2 is 1.69 bits per heavy atom. The van der Waals surface area contributed by atoms with Crippen LogP contribution in [0.25, 0.3) is 11.1 Å². The van der Waals surface area contributed by atoms with Crippen molar-refractivity contribution in [1.29, 1.82) is 0 Å². The van der Waals surface area contributed by atoms with Gasteiger partial charge in [-0.05, 0) is 55.8 Å². The van der Waals surface area contributed by atoms with Crippen molar-refractivity contribution < 1.29 is 4.79 Å². The number of carbonyl (C=O) groups excluding carboxylic acids is 1. The van der Waals surface area contributed by atoms with Crippen LogP contribution in [0.3, 0.4) is 0 Å². The number of aldehydes is 1. The molecule has 2 fully saturated rings. The molecular weight excluding hydrogens is 320 g/mol. The molecule has 1 spiro atoms. The molecule has 1 heterocycles. The first-order chi connectivity index (χ1) is 12.8. The van der Waals surface area contributed by atoms with Crippen LogP contribution in [0.2, 0.25) is 0 Å². The minimum atomic E-state index is 0.539. The summed E-state index contributed by atoms with van der Waals surface area (Å²) >= 11 is 0. The van der Waals surface area contributed by atoms with Crippen molar-refractivity contribution in [2.75, 3.05) is 25.0 Å². The summed E-state index contributed by atoms with van der Waals surface area (Å²) < 4.78 is 0. The summed E-state index contributed by atoms with van der Waals surface area (Å²) in [5.41, 5.74) is 4.35. The summed E-state index contributed by atoms with van der Waals surface area (Å²) in [6, 6.07) is 19.9. The van der Waals surface area contributed by atoms with Gasteiger partial charge in [0.15, 0.2) is 0 Å². The highest BCUT2D eigenvalue weighted by Gasteiger charge is 2.45. The quantitative estimate of drug-likeness (QED) is 0.775. The van der Waals surface area contributed by atoms with Crippen LogP contribution >= 0.6 is 0 Å². The van der Waals surface area contributed by atoms with Crippen LogP contribution in [0.5, 0.6) is 0 Å². The molecule has 1 aliphatic carbocycles. The summed E-state index contributed by atoms with van der Waals surface area (Å²) in [5.74, 6) is 0. The lowest BCUT2D eigenvalue weighted by molar-refractivity contribution is -0.108. The Kier molecular flexibility index (Phi) is 5.07. The number of piperidine rings is 1. The van der Waals surface area contributed by atoms with Gasteiger partial charge in [-0.1, -0.05) is 48.5 Å². The fourth-order valence-corrected chi connectivity index (χ4v) is 4.68. The van der Waals surface area contributed by atoms with Gasteiger partial charge in [-0.2, -0.15) is 0 Å². The molecule has 1 N–H and O–H groups in total. The normalized spacial score (nSPS) is 19.8. The summed E-state index contributed by atoms with van der Waals surface area (Å²) in [6.07, 6.45) is 6.83. The van der Waals surface area contributed by atoms with Crippen LogP contribution in [0.1, 0.15) is 32.1 Å². The SMILES string of the molecule is O=CCCN1CCC2(CC1)CC(Nc1ccccc1-c1ccccc1)C2. The van der Waals surface area contributed by atoms with Crippen molar-refractivity contribution in [3.63, 3.8) is 0 Å². The van der Waals surface area contributed by atoms with E-state index in [0.29, 0.717) is 17.9 Å². The van der Waals surface area contributed by atoms with Gasteiger partial charge in [-0.3, -0.25) is 0 Å². The maximum Gasteiger partial charge on any atom is 0.121 e. The van der Waals surface area contributed by atoms with E-state index in [1.807, 2.05) is 0 Å². The van der Waals surface area contributed by atoms with E-state index in [2.05, 4.69) is 64.8 Å². The van der Waals surface area contributed by atoms with Crippen molar-refractivity contribution in [2.24, 2.45) is 5.41 Å². The van der Waals surface area contributed by atoms with Crippen molar-refractivity contribution >= 4 is 12.0 Å². The molecule has 1 saturated heterocycles. The Balaban J connectivity index is 1.35. The zero-order chi connectivity index (χ0) is 17.8. The minimum absolute atomic E-state index is 0.539. The Bertz CT molecular complexity index is 727. The Labute approximate surface area is 156 Å². The highest BCUT2D eigenvalue weighted by molar-refractivity contribution is 5.78. The fourth-order valence-electron chi connectivity index (χ4n) is 4.68. The highest BCUT2D eigenvalue weighted by Crippen LogP contribution is 2.50. The Hall–Kier alpha value is -2.13. The predicted molar refractivity (Wildman–Crippen MR) is 107 cm³/mol. The molecule has 2 aromatic rings. The van der Waals surface area contributed by atoms with E-state index in [0.717, 1.165) is 25.9 Å². The molecule has 4 rings (SSSR count). The first-order valence-electron chi connectivity index (χ1n) is 9.85. The van der Waals surface area contributed by atoms with Gasteiger partial charge in [0.25, 0.3) is 0 Å². The smallest absolute Gasteiger partial charge is 0.121 e. The molecule has 0 unspecified atom stereocenters. The lowest BCUT2D eigenvalue weighted by Gasteiger charge is -2.52. The molecule has 2 aromatic carbocycles. The molecule has 26 heavy (non-hydrogen) atoms. The van der Waals surface area contributed by atoms with Crippen LogP contribution in [0, 0.1) is 5.41 Å². The first-order valence-corrected chi connectivity index (χ1v) is 9.85. The van der Waals surface area contributed by atoms with E-state index in [4.69, 9.17) is 0 Å². The summed E-state index contributed by atoms with van der Waals surface area (Å²) in [4.78, 5) is 13.0. The fraction of sp³-hybridized carbons (Fsp3) is 0.435. The first kappa shape index (κ1) is 17.3. The highest BCUT2D eigenvalue weighted by atomic mass is 16.1. The Morgan fingerprint density at radius 3 is 2.42 bits per heavy atom. The lowest BCUT2D eigenvalue weighted by atomic mass is 9.60. The number of benzene rings is 2. The van der Waals surface area contributed by atoms with Gasteiger partial charge in [-0.15, -0.1) is 0 Å². The monoisotopic (exact) mass is 348 g/mol. The molecule has 136 valence electrons. The van der Waals surface area contributed by atoms with Gasteiger partial charge >= 0.3 is 0 Å². The van der Waals surface area contributed by atoms with Gasteiger partial charge in [0.2, 0.25) is 0 Å². The molecule has 1 saturated carbocycles. The number of hydrogen-bond acceptors (Lipinski definition) is 3. The molecule has 0 amide bonds. The molecule has 0 aromatic heterocycles. The average molecular weight is 348 g/mol. The minimum Gasteiger partial charge on any atom is -0.382 e. The largest absolute Gasteiger partial charge is 0.382 e. The number of anilines is 1. The molecule has 1 aliphatic heterocycles. The van der Waals surface area contributed by atoms with E-state index in [1.54, 1.807) is 0 Å². The number of carbonyl (C=O) groups is 1. The third-order valence-electron chi connectivity index (χ3n) is 6.21. The second-order valence-electron chi connectivity index (χ2n) is 7.96. The van der Waals surface area contributed by atoms with Crippen molar-refractivity contribution in [3.05, 3.63) is 54.6 Å². The van der Waals surface area contributed by atoms with Crippen LogP contribution in [-0.4, -0.2) is 36.9 Å². The van der Waals surface area contributed by atoms with E-state index in [-0.39, 0.29) is 0 Å². The lowest BCUT2D eigenvalue weighted by Crippen LogP contribution is -2.51. The van der Waals surface area contributed by atoms with Gasteiger partial charge < -0.3 is 15.0 Å². The molecule has 0 atom stereocenters. The molecule has 3 heteroatoms. The summed E-state index contributed by atoms with van der Waals surface area (Å²) in [6.45, 7) is 3.24. The van der Waals surface area contributed by atoms with E-state index >= 15 is 0 Å². The van der Waals surface area contributed by atoms with Crippen LogP contribution in [0.15, 0.2) is 54.6 Å². The van der Waals surface area contributed by atoms with Gasteiger partial charge in [-0.25, -0.2) is 0 Å². The standard InChI is InChI=1S/C23H28N2O/c26-16-6-13-25-14-11-23(12-15-25)17-20(18-23)24-22-10-5-4-9-21(22)19-7-2-1-3-8-19/h1-5,7-10,16,20,24H,6,11-15,17-18H2. The van der Waals surface area contributed by atoms with Crippen molar-refractivity contribution in [1.82, 2.24) is 4.90 Å². The van der Waals surface area contributed by atoms with E-state index in [9.17, 15) is 4.79 Å². The van der Waals surface area contributed by atoms with Crippen LogP contribution in [-0.2, 0) is 4.79 Å². The number of rotatable bonds is 6. The number of nitrogens with one attached hydrogen (secondary N) is 1. The third kappa shape index (κ3) is 3.68. The summed E-state index contributed by atoms with van der Waals surface area (Å²) in [7, 11) is 0. The maximum atomic E-state index is 10.6. The predicted octanol–water partition coefficient (Wildman–Crippen LogP) is 4.60. The second-order valence-corrected chi connectivity index (χ2v) is 7.96. The van der Waals surface area contributed by atoms with Crippen LogP contribution < -0.4 is 5.32 Å². The van der Waals surface area contributed by atoms with Crippen molar-refractivity contribution in [2.45, 2.75) is 38.1 Å². The number of likely N-dealkylation sites (tertiary alicyclic amines) is 1. The molecule has 3 nitrogen and oxygen atoms in total. The van der Waals surface area contributed by atoms with Crippen LogP contribution in [0.4, 0.5) is 5.69 Å². The van der Waals surface area contributed by atoms with Gasteiger partial charge in [0, 0.05) is 30.3 Å². The van der Waals surface area contributed by atoms with E-state index < -0.39 is 0 Å². The van der Waals surface area contributed by atoms with E-state index in [1.165, 1.54) is 42.5 Å². The molecule has 2 aliphatic rings. The average Bonchev–Trinajstić information content (AvgIpc) is 2.67. The van der Waals surface area contributed by atoms with Gasteiger partial charge in [0.05, 0.1) is 0 Å². The zero-order valence-corrected chi connectivity index (χ0v) is 15.4.